The number of para-hydroxylation sites is 2. The lowest BCUT2D eigenvalue weighted by atomic mass is 10.2. The molecule has 0 saturated heterocycles. The summed E-state index contributed by atoms with van der Waals surface area (Å²) in [7, 11) is 1.58. The SMILES string of the molecule is COc1ccccc1Oc1ncccc1CNC(=O)c1ccc[nH]1. The van der Waals surface area contributed by atoms with E-state index < -0.39 is 0 Å². The normalized spacial score (nSPS) is 10.2. The molecule has 0 spiro atoms. The van der Waals surface area contributed by atoms with E-state index in [2.05, 4.69) is 15.3 Å². The number of nitrogens with one attached hydrogen (secondary N) is 2. The lowest BCUT2D eigenvalue weighted by Crippen LogP contribution is -2.23. The van der Waals surface area contributed by atoms with Gasteiger partial charge >= 0.3 is 0 Å². The van der Waals surface area contributed by atoms with Gasteiger partial charge in [0.1, 0.15) is 5.69 Å². The molecular formula is C18H17N3O3. The number of aromatic amines is 1. The van der Waals surface area contributed by atoms with Crippen molar-refractivity contribution in [2.24, 2.45) is 0 Å². The summed E-state index contributed by atoms with van der Waals surface area (Å²) in [6.07, 6.45) is 3.34. The van der Waals surface area contributed by atoms with Crippen molar-refractivity contribution < 1.29 is 14.3 Å². The molecule has 0 atom stereocenters. The maximum Gasteiger partial charge on any atom is 0.267 e. The molecule has 122 valence electrons. The number of nitrogens with zero attached hydrogens (tertiary/aromatic N) is 1. The molecule has 6 heteroatoms. The highest BCUT2D eigenvalue weighted by Crippen LogP contribution is 2.31. The van der Waals surface area contributed by atoms with Crippen LogP contribution in [0, 0.1) is 0 Å². The van der Waals surface area contributed by atoms with Crippen molar-refractivity contribution in [1.29, 1.82) is 0 Å². The van der Waals surface area contributed by atoms with Gasteiger partial charge in [0.2, 0.25) is 5.88 Å². The number of ether oxygens (including phenoxy) is 2. The van der Waals surface area contributed by atoms with E-state index in [9.17, 15) is 4.79 Å². The molecule has 0 aliphatic heterocycles. The number of hydrogen-bond acceptors (Lipinski definition) is 4. The first-order chi connectivity index (χ1) is 11.8. The summed E-state index contributed by atoms with van der Waals surface area (Å²) in [6.45, 7) is 0.302. The maximum atomic E-state index is 12.0. The Balaban J connectivity index is 1.74. The summed E-state index contributed by atoms with van der Waals surface area (Å²) in [4.78, 5) is 19.1. The Morgan fingerprint density at radius 2 is 1.96 bits per heavy atom. The Labute approximate surface area is 139 Å². The van der Waals surface area contributed by atoms with Crippen LogP contribution in [0.3, 0.4) is 0 Å². The maximum absolute atomic E-state index is 12.0. The molecule has 0 bridgehead atoms. The van der Waals surface area contributed by atoms with Crippen LogP contribution in [0.5, 0.6) is 17.4 Å². The van der Waals surface area contributed by atoms with Crippen molar-refractivity contribution in [2.45, 2.75) is 6.54 Å². The van der Waals surface area contributed by atoms with E-state index in [1.54, 1.807) is 43.8 Å². The molecule has 0 aliphatic rings. The van der Waals surface area contributed by atoms with Gasteiger partial charge in [0, 0.05) is 24.5 Å². The summed E-state index contributed by atoms with van der Waals surface area (Å²) in [5.74, 6) is 1.42. The molecule has 2 N–H and O–H groups in total. The number of amides is 1. The second-order valence-electron chi connectivity index (χ2n) is 4.99. The summed E-state index contributed by atoms with van der Waals surface area (Å²) in [6, 6.07) is 14.5. The van der Waals surface area contributed by atoms with Gasteiger partial charge in [-0.1, -0.05) is 18.2 Å². The number of hydrogen-bond donors (Lipinski definition) is 2. The van der Waals surface area contributed by atoms with E-state index in [0.29, 0.717) is 29.6 Å². The highest BCUT2D eigenvalue weighted by Gasteiger charge is 2.11. The molecule has 0 radical (unpaired) electrons. The van der Waals surface area contributed by atoms with Gasteiger partial charge in [0.05, 0.1) is 7.11 Å². The van der Waals surface area contributed by atoms with Crippen LogP contribution < -0.4 is 14.8 Å². The number of rotatable bonds is 6. The fourth-order valence-corrected chi connectivity index (χ4v) is 2.20. The molecule has 1 aromatic carbocycles. The molecule has 3 rings (SSSR count). The highest BCUT2D eigenvalue weighted by atomic mass is 16.5. The zero-order valence-corrected chi connectivity index (χ0v) is 13.2. The summed E-state index contributed by atoms with van der Waals surface area (Å²) < 4.78 is 11.1. The second kappa shape index (κ2) is 7.32. The van der Waals surface area contributed by atoms with Gasteiger partial charge in [0.15, 0.2) is 11.5 Å². The smallest absolute Gasteiger partial charge is 0.267 e. The van der Waals surface area contributed by atoms with E-state index in [1.807, 2.05) is 24.3 Å². The number of carbonyl (C=O) groups is 1. The summed E-state index contributed by atoms with van der Waals surface area (Å²) in [5.41, 5.74) is 1.27. The van der Waals surface area contributed by atoms with Crippen LogP contribution in [0.15, 0.2) is 60.9 Å². The minimum atomic E-state index is -0.188. The van der Waals surface area contributed by atoms with E-state index in [-0.39, 0.29) is 5.91 Å². The van der Waals surface area contributed by atoms with Crippen molar-refractivity contribution in [1.82, 2.24) is 15.3 Å². The van der Waals surface area contributed by atoms with Gasteiger partial charge in [-0.3, -0.25) is 4.79 Å². The fourth-order valence-electron chi connectivity index (χ4n) is 2.20. The number of H-pyrrole nitrogens is 1. The number of methoxy groups -OCH3 is 1. The van der Waals surface area contributed by atoms with Gasteiger partial charge in [-0.05, 0) is 30.3 Å². The van der Waals surface area contributed by atoms with E-state index >= 15 is 0 Å². The summed E-state index contributed by atoms with van der Waals surface area (Å²) in [5, 5.41) is 2.83. The van der Waals surface area contributed by atoms with Crippen molar-refractivity contribution in [2.75, 3.05) is 7.11 Å². The van der Waals surface area contributed by atoms with E-state index in [4.69, 9.17) is 9.47 Å². The first kappa shape index (κ1) is 15.6. The molecule has 0 unspecified atom stereocenters. The minimum Gasteiger partial charge on any atom is -0.493 e. The van der Waals surface area contributed by atoms with Gasteiger partial charge in [0.25, 0.3) is 5.91 Å². The third kappa shape index (κ3) is 3.55. The molecule has 24 heavy (non-hydrogen) atoms. The molecule has 2 aromatic heterocycles. The third-order valence-corrected chi connectivity index (χ3v) is 3.41. The molecule has 0 fully saturated rings. The van der Waals surface area contributed by atoms with Crippen molar-refractivity contribution in [3.63, 3.8) is 0 Å². The zero-order valence-electron chi connectivity index (χ0n) is 13.2. The largest absolute Gasteiger partial charge is 0.493 e. The Morgan fingerprint density at radius 1 is 1.12 bits per heavy atom. The third-order valence-electron chi connectivity index (χ3n) is 3.41. The average Bonchev–Trinajstić information content (AvgIpc) is 3.16. The first-order valence-corrected chi connectivity index (χ1v) is 7.44. The van der Waals surface area contributed by atoms with Crippen LogP contribution in [-0.4, -0.2) is 23.0 Å². The number of carbonyl (C=O) groups excluding carboxylic acids is 1. The zero-order chi connectivity index (χ0) is 16.8. The summed E-state index contributed by atoms with van der Waals surface area (Å²) >= 11 is 0. The lowest BCUT2D eigenvalue weighted by molar-refractivity contribution is 0.0946. The number of aromatic nitrogens is 2. The first-order valence-electron chi connectivity index (χ1n) is 7.44. The molecule has 3 aromatic rings. The van der Waals surface area contributed by atoms with Crippen LogP contribution in [0.1, 0.15) is 16.1 Å². The van der Waals surface area contributed by atoms with Crippen LogP contribution in [0.2, 0.25) is 0 Å². The Kier molecular flexibility index (Phi) is 4.76. The Morgan fingerprint density at radius 3 is 2.71 bits per heavy atom. The molecule has 6 nitrogen and oxygen atoms in total. The van der Waals surface area contributed by atoms with Gasteiger partial charge in [-0.25, -0.2) is 4.98 Å². The molecule has 1 amide bonds. The highest BCUT2D eigenvalue weighted by molar-refractivity contribution is 5.92. The second-order valence-corrected chi connectivity index (χ2v) is 4.99. The van der Waals surface area contributed by atoms with Gasteiger partial charge in [-0.2, -0.15) is 0 Å². The average molecular weight is 323 g/mol. The molecule has 0 aliphatic carbocycles. The topological polar surface area (TPSA) is 76.2 Å². The minimum absolute atomic E-state index is 0.188. The molecular weight excluding hydrogens is 306 g/mol. The van der Waals surface area contributed by atoms with Crippen molar-refractivity contribution in [3.05, 3.63) is 72.2 Å². The van der Waals surface area contributed by atoms with Crippen LogP contribution >= 0.6 is 0 Å². The monoisotopic (exact) mass is 323 g/mol. The van der Waals surface area contributed by atoms with Crippen LogP contribution in [0.4, 0.5) is 0 Å². The quantitative estimate of drug-likeness (QED) is 0.730. The number of pyridine rings is 1. The van der Waals surface area contributed by atoms with Gasteiger partial charge < -0.3 is 19.8 Å². The standard InChI is InChI=1S/C18H17N3O3/c1-23-15-8-2-3-9-16(15)24-18-13(6-4-11-20-18)12-21-17(22)14-7-5-10-19-14/h2-11,19H,12H2,1H3,(H,21,22). The lowest BCUT2D eigenvalue weighted by Gasteiger charge is -2.12. The number of benzene rings is 1. The van der Waals surface area contributed by atoms with Gasteiger partial charge in [-0.15, -0.1) is 0 Å². The van der Waals surface area contributed by atoms with Crippen LogP contribution in [-0.2, 0) is 6.54 Å². The fraction of sp³-hybridized carbons (Fsp3) is 0.111. The molecule has 2 heterocycles. The predicted molar refractivity (Wildman–Crippen MR) is 89.3 cm³/mol. The van der Waals surface area contributed by atoms with E-state index in [0.717, 1.165) is 5.56 Å². The Hall–Kier alpha value is -3.28. The van der Waals surface area contributed by atoms with Crippen LogP contribution in [0.25, 0.3) is 0 Å². The van der Waals surface area contributed by atoms with Crippen molar-refractivity contribution in [3.8, 4) is 17.4 Å². The van der Waals surface area contributed by atoms with Crippen molar-refractivity contribution >= 4 is 5.91 Å². The molecule has 0 saturated carbocycles. The predicted octanol–water partition coefficient (Wildman–Crippen LogP) is 3.14. The Bertz CT molecular complexity index is 816. The van der Waals surface area contributed by atoms with E-state index in [1.165, 1.54) is 0 Å².